The maximum Gasteiger partial charge on any atom is 0.123 e. The first-order valence-corrected chi connectivity index (χ1v) is 7.20. The van der Waals surface area contributed by atoms with Gasteiger partial charge in [0.1, 0.15) is 5.75 Å². The lowest BCUT2D eigenvalue weighted by atomic mass is 10.00. The van der Waals surface area contributed by atoms with Gasteiger partial charge in [-0.1, -0.05) is 18.5 Å². The first-order valence-electron chi connectivity index (χ1n) is 6.82. The molecule has 1 atom stereocenters. The quantitative estimate of drug-likeness (QED) is 0.818. The minimum atomic E-state index is 0.699. The molecule has 1 heterocycles. The van der Waals surface area contributed by atoms with Crippen LogP contribution in [0.5, 0.6) is 5.75 Å². The van der Waals surface area contributed by atoms with E-state index >= 15 is 0 Å². The van der Waals surface area contributed by atoms with Gasteiger partial charge in [-0.2, -0.15) is 0 Å². The number of ether oxygens (including phenoxy) is 1. The molecule has 18 heavy (non-hydrogen) atoms. The van der Waals surface area contributed by atoms with Gasteiger partial charge in [0, 0.05) is 23.7 Å². The molecule has 0 aromatic heterocycles. The second-order valence-corrected chi connectivity index (χ2v) is 5.60. The van der Waals surface area contributed by atoms with Crippen molar-refractivity contribution in [1.82, 2.24) is 4.90 Å². The number of benzene rings is 1. The van der Waals surface area contributed by atoms with Crippen LogP contribution in [0, 0.1) is 5.92 Å². The predicted molar refractivity (Wildman–Crippen MR) is 76.3 cm³/mol. The van der Waals surface area contributed by atoms with E-state index in [1.165, 1.54) is 31.5 Å². The van der Waals surface area contributed by atoms with Crippen LogP contribution in [0.2, 0.25) is 5.02 Å². The van der Waals surface area contributed by atoms with Crippen molar-refractivity contribution in [2.75, 3.05) is 19.7 Å². The van der Waals surface area contributed by atoms with Crippen LogP contribution in [0.15, 0.2) is 18.2 Å². The molecule has 100 valence electrons. The Labute approximate surface area is 115 Å². The molecular formula is C15H22ClNO. The van der Waals surface area contributed by atoms with Gasteiger partial charge >= 0.3 is 0 Å². The van der Waals surface area contributed by atoms with E-state index in [0.29, 0.717) is 6.61 Å². The third-order valence-corrected chi connectivity index (χ3v) is 3.69. The first-order chi connectivity index (χ1) is 8.69. The van der Waals surface area contributed by atoms with Crippen molar-refractivity contribution < 1.29 is 4.74 Å². The summed E-state index contributed by atoms with van der Waals surface area (Å²) in [7, 11) is 0. The summed E-state index contributed by atoms with van der Waals surface area (Å²) in [5.41, 5.74) is 1.21. The number of piperidine rings is 1. The first kappa shape index (κ1) is 13.7. The van der Waals surface area contributed by atoms with E-state index in [4.69, 9.17) is 16.3 Å². The molecular weight excluding hydrogens is 246 g/mol. The molecule has 1 fully saturated rings. The van der Waals surface area contributed by atoms with Crippen molar-refractivity contribution in [3.05, 3.63) is 28.8 Å². The van der Waals surface area contributed by atoms with Crippen LogP contribution in [0.4, 0.5) is 0 Å². The zero-order valence-corrected chi connectivity index (χ0v) is 12.0. The summed E-state index contributed by atoms with van der Waals surface area (Å²) in [6, 6.07) is 5.91. The zero-order chi connectivity index (χ0) is 13.0. The third kappa shape index (κ3) is 3.63. The molecule has 0 saturated carbocycles. The highest BCUT2D eigenvalue weighted by molar-refractivity contribution is 6.30. The molecule has 1 aliphatic heterocycles. The lowest BCUT2D eigenvalue weighted by Gasteiger charge is -2.31. The Morgan fingerprint density at radius 2 is 2.28 bits per heavy atom. The largest absolute Gasteiger partial charge is 0.494 e. The van der Waals surface area contributed by atoms with Gasteiger partial charge in [-0.3, -0.25) is 4.90 Å². The zero-order valence-electron chi connectivity index (χ0n) is 11.3. The van der Waals surface area contributed by atoms with E-state index in [0.717, 1.165) is 23.2 Å². The van der Waals surface area contributed by atoms with Crippen molar-refractivity contribution in [1.29, 1.82) is 0 Å². The molecule has 1 aromatic carbocycles. The van der Waals surface area contributed by atoms with Crippen LogP contribution in [0.1, 0.15) is 32.3 Å². The Balaban J connectivity index is 2.08. The molecule has 2 rings (SSSR count). The Morgan fingerprint density at radius 3 is 3.00 bits per heavy atom. The minimum Gasteiger partial charge on any atom is -0.494 e. The summed E-state index contributed by atoms with van der Waals surface area (Å²) >= 11 is 6.09. The Hall–Kier alpha value is -0.730. The van der Waals surface area contributed by atoms with Gasteiger partial charge in [-0.25, -0.2) is 0 Å². The van der Waals surface area contributed by atoms with Crippen LogP contribution in [0.3, 0.4) is 0 Å². The molecule has 1 aliphatic rings. The number of nitrogens with zero attached hydrogens (tertiary/aromatic N) is 1. The van der Waals surface area contributed by atoms with E-state index in [1.54, 1.807) is 0 Å². The topological polar surface area (TPSA) is 12.5 Å². The van der Waals surface area contributed by atoms with E-state index in [1.807, 2.05) is 25.1 Å². The van der Waals surface area contributed by atoms with E-state index in [2.05, 4.69) is 11.8 Å². The normalized spacial score (nSPS) is 20.9. The van der Waals surface area contributed by atoms with Crippen LogP contribution < -0.4 is 4.74 Å². The summed E-state index contributed by atoms with van der Waals surface area (Å²) in [6.07, 6.45) is 2.65. The molecule has 0 radical (unpaired) electrons. The van der Waals surface area contributed by atoms with Crippen LogP contribution >= 0.6 is 11.6 Å². The molecule has 0 bridgehead atoms. The highest BCUT2D eigenvalue weighted by Gasteiger charge is 2.17. The fraction of sp³-hybridized carbons (Fsp3) is 0.600. The fourth-order valence-corrected chi connectivity index (χ4v) is 2.83. The van der Waals surface area contributed by atoms with E-state index in [-0.39, 0.29) is 0 Å². The smallest absolute Gasteiger partial charge is 0.123 e. The van der Waals surface area contributed by atoms with Gasteiger partial charge in [0.05, 0.1) is 6.61 Å². The molecule has 0 spiro atoms. The number of hydrogen-bond acceptors (Lipinski definition) is 2. The SMILES string of the molecule is CCOc1ccc(Cl)cc1CN1CCCC(C)C1. The summed E-state index contributed by atoms with van der Waals surface area (Å²) in [4.78, 5) is 2.50. The predicted octanol–water partition coefficient (Wildman–Crippen LogP) is 3.97. The molecule has 1 unspecified atom stereocenters. The summed E-state index contributed by atoms with van der Waals surface area (Å²) in [5, 5.41) is 0.790. The number of rotatable bonds is 4. The van der Waals surface area contributed by atoms with Crippen LogP contribution in [-0.2, 0) is 6.54 Å². The molecule has 2 nitrogen and oxygen atoms in total. The number of hydrogen-bond donors (Lipinski definition) is 0. The monoisotopic (exact) mass is 267 g/mol. The molecule has 1 saturated heterocycles. The maximum absolute atomic E-state index is 6.09. The molecule has 0 N–H and O–H groups in total. The van der Waals surface area contributed by atoms with Gasteiger partial charge < -0.3 is 4.74 Å². The Kier molecular flexibility index (Phi) is 4.90. The van der Waals surface area contributed by atoms with E-state index < -0.39 is 0 Å². The van der Waals surface area contributed by atoms with E-state index in [9.17, 15) is 0 Å². The number of likely N-dealkylation sites (tertiary alicyclic amines) is 1. The second kappa shape index (κ2) is 6.44. The standard InChI is InChI=1S/C15H22ClNO/c1-3-18-15-7-6-14(16)9-13(15)11-17-8-4-5-12(2)10-17/h6-7,9,12H,3-5,8,10-11H2,1-2H3. The van der Waals surface area contributed by atoms with Crippen molar-refractivity contribution in [3.63, 3.8) is 0 Å². The van der Waals surface area contributed by atoms with Crippen molar-refractivity contribution in [2.45, 2.75) is 33.2 Å². The van der Waals surface area contributed by atoms with Crippen LogP contribution in [0.25, 0.3) is 0 Å². The van der Waals surface area contributed by atoms with Crippen molar-refractivity contribution >= 4 is 11.6 Å². The molecule has 0 aliphatic carbocycles. The number of halogens is 1. The molecule has 1 aromatic rings. The van der Waals surface area contributed by atoms with Crippen LogP contribution in [-0.4, -0.2) is 24.6 Å². The Morgan fingerprint density at radius 1 is 1.44 bits per heavy atom. The van der Waals surface area contributed by atoms with Gasteiger partial charge in [0.2, 0.25) is 0 Å². The van der Waals surface area contributed by atoms with Gasteiger partial charge in [0.25, 0.3) is 0 Å². The minimum absolute atomic E-state index is 0.699. The van der Waals surface area contributed by atoms with Gasteiger partial charge in [-0.15, -0.1) is 0 Å². The molecule has 0 amide bonds. The summed E-state index contributed by atoms with van der Waals surface area (Å²) in [6.45, 7) is 8.35. The average Bonchev–Trinajstić information content (AvgIpc) is 2.33. The summed E-state index contributed by atoms with van der Waals surface area (Å²) < 4.78 is 5.68. The summed E-state index contributed by atoms with van der Waals surface area (Å²) in [5.74, 6) is 1.77. The van der Waals surface area contributed by atoms with Crippen molar-refractivity contribution in [3.8, 4) is 5.75 Å². The fourth-order valence-electron chi connectivity index (χ4n) is 2.64. The van der Waals surface area contributed by atoms with Gasteiger partial charge in [-0.05, 0) is 50.4 Å². The van der Waals surface area contributed by atoms with Crippen molar-refractivity contribution in [2.24, 2.45) is 5.92 Å². The lowest BCUT2D eigenvalue weighted by Crippen LogP contribution is -2.33. The highest BCUT2D eigenvalue weighted by atomic mass is 35.5. The lowest BCUT2D eigenvalue weighted by molar-refractivity contribution is 0.174. The third-order valence-electron chi connectivity index (χ3n) is 3.46. The average molecular weight is 268 g/mol. The Bertz CT molecular complexity index is 394. The second-order valence-electron chi connectivity index (χ2n) is 5.17. The highest BCUT2D eigenvalue weighted by Crippen LogP contribution is 2.26. The maximum atomic E-state index is 6.09. The van der Waals surface area contributed by atoms with Gasteiger partial charge in [0.15, 0.2) is 0 Å². The molecule has 3 heteroatoms.